The number of anilines is 1. The number of ether oxygens (including phenoxy) is 1. The maximum absolute atomic E-state index is 12.6. The van der Waals surface area contributed by atoms with E-state index >= 15 is 0 Å². The zero-order valence-electron chi connectivity index (χ0n) is 15.0. The van der Waals surface area contributed by atoms with Gasteiger partial charge in [0, 0.05) is 24.0 Å². The van der Waals surface area contributed by atoms with E-state index < -0.39 is 5.97 Å². The van der Waals surface area contributed by atoms with Gasteiger partial charge in [-0.15, -0.1) is 0 Å². The predicted octanol–water partition coefficient (Wildman–Crippen LogP) is 2.87. The Balaban J connectivity index is 1.79. The van der Waals surface area contributed by atoms with Crippen LogP contribution in [0, 0.1) is 11.8 Å². The van der Waals surface area contributed by atoms with Gasteiger partial charge in [-0.25, -0.2) is 4.79 Å². The quantitative estimate of drug-likeness (QED) is 0.837. The molecule has 1 fully saturated rings. The van der Waals surface area contributed by atoms with Crippen LogP contribution in [-0.4, -0.2) is 48.5 Å². The van der Waals surface area contributed by atoms with E-state index in [4.69, 9.17) is 4.74 Å². The maximum Gasteiger partial charge on any atom is 0.356 e. The summed E-state index contributed by atoms with van der Waals surface area (Å²) in [6, 6.07) is 7.49. The molecule has 0 bridgehead atoms. The van der Waals surface area contributed by atoms with Crippen LogP contribution in [0.2, 0.25) is 0 Å². The van der Waals surface area contributed by atoms with Gasteiger partial charge in [0.15, 0.2) is 0 Å². The number of para-hydroxylation sites is 1. The first kappa shape index (κ1) is 17.5. The summed E-state index contributed by atoms with van der Waals surface area (Å²) in [6.07, 6.45) is 1.20. The smallest absolute Gasteiger partial charge is 0.356 e. The number of hydrogen-bond donors (Lipinski definition) is 2. The zero-order valence-corrected chi connectivity index (χ0v) is 15.0. The van der Waals surface area contributed by atoms with E-state index in [9.17, 15) is 9.59 Å². The molecule has 134 valence electrons. The molecule has 0 unspecified atom stereocenters. The largest absolute Gasteiger partial charge is 0.464 e. The van der Waals surface area contributed by atoms with Crippen LogP contribution in [0.15, 0.2) is 24.3 Å². The number of carbonyl (C=O) groups excluding carboxylic acids is 2. The number of aromatic nitrogens is 1. The lowest BCUT2D eigenvalue weighted by Crippen LogP contribution is -2.42. The number of H-pyrrole nitrogens is 1. The third-order valence-electron chi connectivity index (χ3n) is 4.67. The van der Waals surface area contributed by atoms with Crippen molar-refractivity contribution in [3.8, 4) is 0 Å². The molecule has 1 saturated heterocycles. The highest BCUT2D eigenvalue weighted by atomic mass is 16.5. The molecule has 1 aromatic heterocycles. The van der Waals surface area contributed by atoms with Gasteiger partial charge >= 0.3 is 5.97 Å². The molecule has 6 heteroatoms. The average molecular weight is 343 g/mol. The molecule has 2 heterocycles. The van der Waals surface area contributed by atoms with E-state index in [0.29, 0.717) is 24.1 Å². The van der Waals surface area contributed by atoms with Crippen molar-refractivity contribution in [3.05, 3.63) is 30.0 Å². The molecule has 0 spiro atoms. The average Bonchev–Trinajstić information content (AvgIpc) is 2.92. The standard InChI is InChI=1S/C19H25N3O3/c1-12-8-13(2)10-22(9-12)11-16(23)21-17-14-6-4-5-7-15(14)20-18(17)19(24)25-3/h4-7,12-13,20H,8-11H2,1-3H3,(H,21,23)/t12-,13-/m1/s1. The van der Waals surface area contributed by atoms with Gasteiger partial charge in [0.1, 0.15) is 5.69 Å². The molecule has 6 nitrogen and oxygen atoms in total. The summed E-state index contributed by atoms with van der Waals surface area (Å²) in [5.41, 5.74) is 1.56. The van der Waals surface area contributed by atoms with Crippen molar-refractivity contribution >= 4 is 28.5 Å². The Morgan fingerprint density at radius 2 is 1.92 bits per heavy atom. The van der Waals surface area contributed by atoms with Crippen LogP contribution < -0.4 is 5.32 Å². The Morgan fingerprint density at radius 1 is 1.24 bits per heavy atom. The number of nitrogens with zero attached hydrogens (tertiary/aromatic N) is 1. The minimum Gasteiger partial charge on any atom is -0.464 e. The monoisotopic (exact) mass is 343 g/mol. The number of amides is 1. The van der Waals surface area contributed by atoms with Crippen LogP contribution in [-0.2, 0) is 9.53 Å². The van der Waals surface area contributed by atoms with Crippen molar-refractivity contribution in [2.45, 2.75) is 20.3 Å². The van der Waals surface area contributed by atoms with Gasteiger partial charge in [0.2, 0.25) is 5.91 Å². The second-order valence-corrected chi connectivity index (χ2v) is 7.10. The Labute approximate surface area is 147 Å². The number of methoxy groups -OCH3 is 1. The second-order valence-electron chi connectivity index (χ2n) is 7.10. The number of benzene rings is 1. The van der Waals surface area contributed by atoms with Gasteiger partial charge in [0.25, 0.3) is 0 Å². The number of aromatic amines is 1. The van der Waals surface area contributed by atoms with Gasteiger partial charge < -0.3 is 15.0 Å². The van der Waals surface area contributed by atoms with Crippen LogP contribution >= 0.6 is 0 Å². The lowest BCUT2D eigenvalue weighted by molar-refractivity contribution is -0.117. The van der Waals surface area contributed by atoms with Crippen molar-refractivity contribution in [1.82, 2.24) is 9.88 Å². The van der Waals surface area contributed by atoms with Gasteiger partial charge in [-0.3, -0.25) is 9.69 Å². The van der Waals surface area contributed by atoms with Crippen LogP contribution in [0.1, 0.15) is 30.8 Å². The number of rotatable bonds is 4. The van der Waals surface area contributed by atoms with E-state index in [0.717, 1.165) is 24.0 Å². The lowest BCUT2D eigenvalue weighted by atomic mass is 9.92. The molecular formula is C19H25N3O3. The van der Waals surface area contributed by atoms with E-state index in [-0.39, 0.29) is 11.6 Å². The maximum atomic E-state index is 12.6. The first-order valence-corrected chi connectivity index (χ1v) is 8.69. The van der Waals surface area contributed by atoms with E-state index in [2.05, 4.69) is 29.0 Å². The molecule has 0 saturated carbocycles. The summed E-state index contributed by atoms with van der Waals surface area (Å²) in [5.74, 6) is 0.577. The van der Waals surface area contributed by atoms with Gasteiger partial charge in [0.05, 0.1) is 19.3 Å². The molecule has 1 aliphatic rings. The fourth-order valence-corrected chi connectivity index (χ4v) is 3.83. The number of esters is 1. The van der Waals surface area contributed by atoms with Crippen molar-refractivity contribution in [1.29, 1.82) is 0 Å². The number of fused-ring (bicyclic) bond motifs is 1. The number of likely N-dealkylation sites (tertiary alicyclic amines) is 1. The van der Waals surface area contributed by atoms with E-state index in [1.165, 1.54) is 13.5 Å². The molecule has 25 heavy (non-hydrogen) atoms. The molecule has 1 aromatic carbocycles. The summed E-state index contributed by atoms with van der Waals surface area (Å²) in [7, 11) is 1.33. The van der Waals surface area contributed by atoms with Gasteiger partial charge in [-0.05, 0) is 24.3 Å². The number of hydrogen-bond acceptors (Lipinski definition) is 4. The summed E-state index contributed by atoms with van der Waals surface area (Å²) < 4.78 is 4.83. The van der Waals surface area contributed by atoms with Gasteiger partial charge in [-0.1, -0.05) is 32.0 Å². The summed E-state index contributed by atoms with van der Waals surface area (Å²) in [6.45, 7) is 6.62. The molecular weight excluding hydrogens is 318 g/mol. The highest BCUT2D eigenvalue weighted by Crippen LogP contribution is 2.28. The molecule has 1 aliphatic heterocycles. The Kier molecular flexibility index (Phi) is 5.08. The minimum atomic E-state index is -0.494. The third kappa shape index (κ3) is 3.85. The van der Waals surface area contributed by atoms with Crippen LogP contribution in [0.3, 0.4) is 0 Å². The van der Waals surface area contributed by atoms with Crippen molar-refractivity contribution < 1.29 is 14.3 Å². The van der Waals surface area contributed by atoms with Crippen molar-refractivity contribution in [2.75, 3.05) is 32.1 Å². The fourth-order valence-electron chi connectivity index (χ4n) is 3.83. The Morgan fingerprint density at radius 3 is 2.60 bits per heavy atom. The summed E-state index contributed by atoms with van der Waals surface area (Å²) >= 11 is 0. The molecule has 0 aliphatic carbocycles. The molecule has 2 N–H and O–H groups in total. The zero-order chi connectivity index (χ0) is 18.0. The SMILES string of the molecule is COC(=O)c1[nH]c2ccccc2c1NC(=O)CN1C[C@H](C)C[C@@H](C)C1. The van der Waals surface area contributed by atoms with Crippen LogP contribution in [0.25, 0.3) is 10.9 Å². The van der Waals surface area contributed by atoms with Gasteiger partial charge in [-0.2, -0.15) is 0 Å². The number of piperidine rings is 1. The molecule has 0 radical (unpaired) electrons. The third-order valence-corrected chi connectivity index (χ3v) is 4.67. The first-order chi connectivity index (χ1) is 12.0. The highest BCUT2D eigenvalue weighted by molar-refractivity contribution is 6.11. The second kappa shape index (κ2) is 7.27. The summed E-state index contributed by atoms with van der Waals surface area (Å²) in [5, 5.41) is 3.72. The Bertz CT molecular complexity index is 773. The Hall–Kier alpha value is -2.34. The summed E-state index contributed by atoms with van der Waals surface area (Å²) in [4.78, 5) is 29.8. The highest BCUT2D eigenvalue weighted by Gasteiger charge is 2.25. The van der Waals surface area contributed by atoms with E-state index in [1.54, 1.807) is 0 Å². The van der Waals surface area contributed by atoms with Crippen molar-refractivity contribution in [2.24, 2.45) is 11.8 Å². The van der Waals surface area contributed by atoms with Crippen molar-refractivity contribution in [3.63, 3.8) is 0 Å². The molecule has 1 amide bonds. The topological polar surface area (TPSA) is 74.4 Å². The predicted molar refractivity (Wildman–Crippen MR) is 97.7 cm³/mol. The lowest BCUT2D eigenvalue weighted by Gasteiger charge is -2.34. The number of carbonyl (C=O) groups is 2. The molecule has 2 atom stereocenters. The number of nitrogens with one attached hydrogen (secondary N) is 2. The normalized spacial score (nSPS) is 21.2. The molecule has 3 rings (SSSR count). The fraction of sp³-hybridized carbons (Fsp3) is 0.474. The van der Waals surface area contributed by atoms with Crippen LogP contribution in [0.5, 0.6) is 0 Å². The first-order valence-electron chi connectivity index (χ1n) is 8.69. The van der Waals surface area contributed by atoms with Crippen LogP contribution in [0.4, 0.5) is 5.69 Å². The minimum absolute atomic E-state index is 0.115. The van der Waals surface area contributed by atoms with E-state index in [1.807, 2.05) is 24.3 Å². The molecule has 2 aromatic rings.